The second-order valence-corrected chi connectivity index (χ2v) is 9.73. The molecule has 5 rings (SSSR count). The quantitative estimate of drug-likeness (QED) is 0.521. The predicted octanol–water partition coefficient (Wildman–Crippen LogP) is 5.33. The van der Waals surface area contributed by atoms with Crippen molar-refractivity contribution in [3.05, 3.63) is 113 Å². The fraction of sp³-hybridized carbons (Fsp3) is 0.241. The van der Waals surface area contributed by atoms with Gasteiger partial charge in [-0.1, -0.05) is 84.9 Å². The number of carbonyl (C=O) groups excluding carboxylic acids is 2. The zero-order chi connectivity index (χ0) is 23.2. The second kappa shape index (κ2) is 8.13. The van der Waals surface area contributed by atoms with Gasteiger partial charge in [0, 0.05) is 28.8 Å². The highest BCUT2D eigenvalue weighted by molar-refractivity contribution is 6.52. The third-order valence-electron chi connectivity index (χ3n) is 6.64. The maximum Gasteiger partial charge on any atom is 0.233 e. The van der Waals surface area contributed by atoms with E-state index in [1.165, 1.54) is 0 Å². The molecule has 0 spiro atoms. The molecule has 0 amide bonds. The average Bonchev–Trinajstić information content (AvgIpc) is 2.83. The molecule has 1 aliphatic heterocycles. The van der Waals surface area contributed by atoms with Crippen molar-refractivity contribution in [2.45, 2.75) is 32.4 Å². The van der Waals surface area contributed by atoms with Gasteiger partial charge in [-0.3, -0.25) is 14.5 Å². The Morgan fingerprint density at radius 2 is 1.21 bits per heavy atom. The van der Waals surface area contributed by atoms with Gasteiger partial charge >= 0.3 is 0 Å². The van der Waals surface area contributed by atoms with Crippen molar-refractivity contribution < 1.29 is 9.59 Å². The lowest BCUT2D eigenvalue weighted by Gasteiger charge is -2.49. The molecule has 166 valence electrons. The van der Waals surface area contributed by atoms with Crippen LogP contribution in [0.3, 0.4) is 0 Å². The van der Waals surface area contributed by atoms with Crippen molar-refractivity contribution in [3.8, 4) is 0 Å². The van der Waals surface area contributed by atoms with Crippen molar-refractivity contribution >= 4 is 17.3 Å². The van der Waals surface area contributed by atoms with Gasteiger partial charge in [-0.15, -0.1) is 0 Å². The number of ketones is 2. The Labute approximate surface area is 195 Å². The van der Waals surface area contributed by atoms with E-state index in [9.17, 15) is 9.59 Å². The molecule has 3 aromatic rings. The summed E-state index contributed by atoms with van der Waals surface area (Å²) in [6, 6.07) is 28.2. The highest BCUT2D eigenvalue weighted by Gasteiger charge is 2.43. The van der Waals surface area contributed by atoms with Gasteiger partial charge in [0.2, 0.25) is 11.6 Å². The largest absolute Gasteiger partial charge is 0.346 e. The number of benzene rings is 3. The number of hydrogen-bond donors (Lipinski definition) is 0. The van der Waals surface area contributed by atoms with Gasteiger partial charge in [0.25, 0.3) is 0 Å². The van der Waals surface area contributed by atoms with Gasteiger partial charge in [-0.2, -0.15) is 0 Å². The standard InChI is InChI=1S/C29H28N2O2/c1-29(2,3)30-18-24-26(22-16-10-11-17-23(22)27(32)28(24)33)31(19-30)25(20-12-6-4-7-13-20)21-14-8-5-9-15-21/h4-17,25H,18-19H2,1-3H3. The summed E-state index contributed by atoms with van der Waals surface area (Å²) in [5.41, 5.74) is 4.94. The van der Waals surface area contributed by atoms with Gasteiger partial charge in [0.1, 0.15) is 0 Å². The van der Waals surface area contributed by atoms with Crippen LogP contribution in [-0.4, -0.2) is 40.1 Å². The highest BCUT2D eigenvalue weighted by Crippen LogP contribution is 2.43. The normalized spacial score (nSPS) is 16.8. The number of rotatable bonds is 3. The molecule has 1 heterocycles. The molecule has 4 nitrogen and oxygen atoms in total. The maximum atomic E-state index is 13.4. The van der Waals surface area contributed by atoms with Crippen LogP contribution in [0.4, 0.5) is 0 Å². The van der Waals surface area contributed by atoms with Crippen molar-refractivity contribution in [1.82, 2.24) is 9.80 Å². The van der Waals surface area contributed by atoms with Crippen LogP contribution in [-0.2, 0) is 4.79 Å². The molecule has 3 aromatic carbocycles. The Morgan fingerprint density at radius 1 is 0.697 bits per heavy atom. The minimum Gasteiger partial charge on any atom is -0.346 e. The molecule has 33 heavy (non-hydrogen) atoms. The van der Waals surface area contributed by atoms with Crippen LogP contribution in [0.5, 0.6) is 0 Å². The molecule has 1 aliphatic carbocycles. The lowest BCUT2D eigenvalue weighted by molar-refractivity contribution is -0.112. The van der Waals surface area contributed by atoms with Gasteiger partial charge in [-0.05, 0) is 31.9 Å². The third-order valence-corrected chi connectivity index (χ3v) is 6.64. The number of fused-ring (bicyclic) bond motifs is 2. The van der Waals surface area contributed by atoms with Crippen molar-refractivity contribution in [2.24, 2.45) is 0 Å². The molecular formula is C29H28N2O2. The lowest BCUT2D eigenvalue weighted by Crippen LogP contribution is -2.54. The zero-order valence-corrected chi connectivity index (χ0v) is 19.3. The summed E-state index contributed by atoms with van der Waals surface area (Å²) in [6.07, 6.45) is 0. The fourth-order valence-corrected chi connectivity index (χ4v) is 4.87. The summed E-state index contributed by atoms with van der Waals surface area (Å²) < 4.78 is 0. The summed E-state index contributed by atoms with van der Waals surface area (Å²) in [5.74, 6) is -0.793. The molecule has 0 bridgehead atoms. The summed E-state index contributed by atoms with van der Waals surface area (Å²) in [7, 11) is 0. The summed E-state index contributed by atoms with van der Waals surface area (Å²) in [5, 5.41) is 0. The smallest absolute Gasteiger partial charge is 0.233 e. The Hall–Kier alpha value is -3.50. The van der Waals surface area contributed by atoms with Crippen LogP contribution in [0.25, 0.3) is 5.70 Å². The molecule has 2 aliphatic rings. The van der Waals surface area contributed by atoms with E-state index >= 15 is 0 Å². The van der Waals surface area contributed by atoms with Crippen molar-refractivity contribution in [1.29, 1.82) is 0 Å². The molecule has 0 atom stereocenters. The molecule has 0 radical (unpaired) electrons. The average molecular weight is 437 g/mol. The lowest BCUT2D eigenvalue weighted by atomic mass is 9.83. The number of carbonyl (C=O) groups is 2. The van der Waals surface area contributed by atoms with Gasteiger partial charge in [0.05, 0.1) is 18.4 Å². The SMILES string of the molecule is CC(C)(C)N1CC2=C(c3ccccc3C(=O)C2=O)N(C(c2ccccc2)c2ccccc2)C1. The number of nitrogens with zero attached hydrogens (tertiary/aromatic N) is 2. The molecule has 0 aromatic heterocycles. The van der Waals surface area contributed by atoms with E-state index in [1.54, 1.807) is 6.07 Å². The fourth-order valence-electron chi connectivity index (χ4n) is 4.87. The van der Waals surface area contributed by atoms with Crippen LogP contribution < -0.4 is 0 Å². The van der Waals surface area contributed by atoms with E-state index in [1.807, 2.05) is 30.3 Å². The third kappa shape index (κ3) is 3.70. The Morgan fingerprint density at radius 3 is 1.76 bits per heavy atom. The van der Waals surface area contributed by atoms with E-state index in [4.69, 9.17) is 0 Å². The van der Waals surface area contributed by atoms with Crippen LogP contribution in [0, 0.1) is 0 Å². The second-order valence-electron chi connectivity index (χ2n) is 9.73. The maximum absolute atomic E-state index is 13.4. The molecule has 0 unspecified atom stereocenters. The highest BCUT2D eigenvalue weighted by atomic mass is 16.2. The summed E-state index contributed by atoms with van der Waals surface area (Å²) in [4.78, 5) is 31.0. The predicted molar refractivity (Wildman–Crippen MR) is 131 cm³/mol. The Kier molecular flexibility index (Phi) is 5.26. The Balaban J connectivity index is 1.78. The van der Waals surface area contributed by atoms with E-state index in [-0.39, 0.29) is 17.4 Å². The first-order valence-electron chi connectivity index (χ1n) is 11.4. The van der Waals surface area contributed by atoms with Gasteiger partial charge < -0.3 is 4.90 Å². The molecule has 4 heteroatoms. The van der Waals surface area contributed by atoms with Crippen molar-refractivity contribution in [2.75, 3.05) is 13.2 Å². The van der Waals surface area contributed by atoms with E-state index in [0.29, 0.717) is 24.4 Å². The summed E-state index contributed by atoms with van der Waals surface area (Å²) in [6.45, 7) is 7.57. The monoisotopic (exact) mass is 436 g/mol. The zero-order valence-electron chi connectivity index (χ0n) is 19.3. The number of hydrogen-bond acceptors (Lipinski definition) is 4. The topological polar surface area (TPSA) is 40.6 Å². The Bertz CT molecular complexity index is 1200. The molecular weight excluding hydrogens is 408 g/mol. The van der Waals surface area contributed by atoms with Crippen molar-refractivity contribution in [3.63, 3.8) is 0 Å². The van der Waals surface area contributed by atoms with Crippen LogP contribution in [0.1, 0.15) is 53.9 Å². The van der Waals surface area contributed by atoms with Crippen LogP contribution in [0.2, 0.25) is 0 Å². The first kappa shape index (κ1) is 21.4. The summed E-state index contributed by atoms with van der Waals surface area (Å²) >= 11 is 0. The molecule has 0 saturated heterocycles. The minimum absolute atomic E-state index is 0.100. The minimum atomic E-state index is -0.406. The van der Waals surface area contributed by atoms with Crippen LogP contribution in [0.15, 0.2) is 90.5 Å². The first-order valence-corrected chi connectivity index (χ1v) is 11.4. The molecule has 0 N–H and O–H groups in total. The van der Waals surface area contributed by atoms with Crippen LogP contribution >= 0.6 is 0 Å². The van der Waals surface area contributed by atoms with E-state index < -0.39 is 5.78 Å². The first-order chi connectivity index (χ1) is 15.9. The van der Waals surface area contributed by atoms with E-state index in [2.05, 4.69) is 79.1 Å². The van der Waals surface area contributed by atoms with E-state index in [0.717, 1.165) is 22.4 Å². The molecule has 0 saturated carbocycles. The number of Topliss-reactive ketones (excluding diaryl/α,β-unsaturated/α-hetero) is 2. The van der Waals surface area contributed by atoms with Gasteiger partial charge in [-0.25, -0.2) is 0 Å². The van der Waals surface area contributed by atoms with Gasteiger partial charge in [0.15, 0.2) is 0 Å². The molecule has 0 fully saturated rings.